The predicted molar refractivity (Wildman–Crippen MR) is 155 cm³/mol. The second kappa shape index (κ2) is 11.4. The molecule has 0 aliphatic heterocycles. The van der Waals surface area contributed by atoms with Crippen LogP contribution in [0.25, 0.3) is 10.8 Å². The van der Waals surface area contributed by atoms with Crippen LogP contribution < -0.4 is 11.5 Å². The second-order valence-electron chi connectivity index (χ2n) is 8.77. The van der Waals surface area contributed by atoms with Gasteiger partial charge in [-0.25, -0.2) is 0 Å². The predicted octanol–water partition coefficient (Wildman–Crippen LogP) is 3.53. The molecular formula is C22H18N6O13S4. The quantitative estimate of drug-likeness (QED) is 0.0784. The molecule has 19 nitrogen and oxygen atoms in total. The van der Waals surface area contributed by atoms with E-state index in [1.165, 1.54) is 12.1 Å². The van der Waals surface area contributed by atoms with Gasteiger partial charge in [0.25, 0.3) is 40.5 Å². The highest BCUT2D eigenvalue weighted by molar-refractivity contribution is 7.89. The second-order valence-corrected chi connectivity index (χ2v) is 14.3. The monoisotopic (exact) mass is 702 g/mol. The molecule has 0 amide bonds. The van der Waals surface area contributed by atoms with Crippen molar-refractivity contribution in [1.29, 1.82) is 0 Å². The summed E-state index contributed by atoms with van der Waals surface area (Å²) in [4.78, 5) is -5.02. The van der Waals surface area contributed by atoms with Crippen LogP contribution in [0.15, 0.2) is 94.6 Å². The Balaban J connectivity index is 2.05. The molecule has 0 radical (unpaired) electrons. The molecule has 0 aliphatic rings. The van der Waals surface area contributed by atoms with Crippen molar-refractivity contribution < 1.29 is 57.0 Å². The molecule has 4 rings (SSSR count). The van der Waals surface area contributed by atoms with Crippen molar-refractivity contribution in [2.75, 3.05) is 11.5 Å². The Hall–Kier alpha value is -4.62. The number of hydrogen-bond acceptors (Lipinski definition) is 15. The first kappa shape index (κ1) is 33.3. The number of hydrogen-bond donors (Lipinski definition) is 7. The SMILES string of the molecule is Nc1c(N=Nc2c(S(=O)(=O)O)cc3cc(S(=O)(=O)O)c(N=Nc4ccccc4)c(N)c3c2O)ccc(S(=O)(=O)O)c1S(=O)(=O)O. The van der Waals surface area contributed by atoms with Gasteiger partial charge < -0.3 is 16.6 Å². The van der Waals surface area contributed by atoms with Crippen LogP contribution in [0.4, 0.5) is 34.1 Å². The van der Waals surface area contributed by atoms with Gasteiger partial charge in [0.2, 0.25) is 0 Å². The summed E-state index contributed by atoms with van der Waals surface area (Å²) in [6.45, 7) is 0. The summed E-state index contributed by atoms with van der Waals surface area (Å²) >= 11 is 0. The summed E-state index contributed by atoms with van der Waals surface area (Å²) in [7, 11) is -21.1. The van der Waals surface area contributed by atoms with Gasteiger partial charge in [0.15, 0.2) is 5.75 Å². The first-order valence-electron chi connectivity index (χ1n) is 11.5. The molecule has 4 aromatic carbocycles. The number of nitrogen functional groups attached to an aromatic ring is 2. The number of anilines is 2. The first-order valence-corrected chi connectivity index (χ1v) is 17.2. The lowest BCUT2D eigenvalue weighted by atomic mass is 10.1. The van der Waals surface area contributed by atoms with Crippen LogP contribution in [0, 0.1) is 0 Å². The average Bonchev–Trinajstić information content (AvgIpc) is 2.90. The summed E-state index contributed by atoms with van der Waals surface area (Å²) in [5.41, 5.74) is 7.66. The average molecular weight is 703 g/mol. The third kappa shape index (κ3) is 6.74. The third-order valence-electron chi connectivity index (χ3n) is 5.82. The molecule has 0 unspecified atom stereocenters. The Morgan fingerprint density at radius 1 is 0.556 bits per heavy atom. The lowest BCUT2D eigenvalue weighted by Crippen LogP contribution is -2.11. The van der Waals surface area contributed by atoms with E-state index in [0.29, 0.717) is 24.3 Å². The lowest BCUT2D eigenvalue weighted by Gasteiger charge is -2.14. The maximum absolute atomic E-state index is 12.2. The molecule has 0 bridgehead atoms. The summed E-state index contributed by atoms with van der Waals surface area (Å²) < 4.78 is 134. The topological polar surface area (TPSA) is 339 Å². The van der Waals surface area contributed by atoms with E-state index >= 15 is 0 Å². The maximum Gasteiger partial charge on any atom is 0.298 e. The van der Waals surface area contributed by atoms with Gasteiger partial charge in [-0.1, -0.05) is 18.2 Å². The number of phenols is 1. The molecular weight excluding hydrogens is 685 g/mol. The van der Waals surface area contributed by atoms with Crippen LogP contribution in [-0.2, 0) is 40.5 Å². The standard InChI is InChI=1S/C22H18N6O13S4/c23-17-12(6-7-13(42(30,31)32)22(17)45(39,40)41)26-28-20-15(44(36,37)38)9-10-8-14(43(33,34)35)19(18(24)16(10)21(20)29)27-25-11-4-2-1-3-5-11/h1-9,29H,23-24H2,(H,30,31,32)(H,33,34,35)(H,36,37,38)(H,39,40,41). The Labute approximate surface area is 253 Å². The fraction of sp³-hybridized carbons (Fsp3) is 0. The zero-order chi connectivity index (χ0) is 33.7. The van der Waals surface area contributed by atoms with E-state index in [-0.39, 0.29) is 5.69 Å². The minimum absolute atomic E-state index is 0.209. The van der Waals surface area contributed by atoms with E-state index in [1.807, 2.05) is 0 Å². The smallest absolute Gasteiger partial charge is 0.298 e. The van der Waals surface area contributed by atoms with Crippen molar-refractivity contribution in [2.45, 2.75) is 19.6 Å². The van der Waals surface area contributed by atoms with Crippen LogP contribution in [0.3, 0.4) is 0 Å². The van der Waals surface area contributed by atoms with E-state index < -0.39 is 105 Å². The van der Waals surface area contributed by atoms with Crippen LogP contribution in [-0.4, -0.2) is 57.0 Å². The van der Waals surface area contributed by atoms with Crippen molar-refractivity contribution in [2.24, 2.45) is 20.5 Å². The molecule has 0 atom stereocenters. The van der Waals surface area contributed by atoms with E-state index in [9.17, 15) is 57.0 Å². The Morgan fingerprint density at radius 2 is 1.07 bits per heavy atom. The van der Waals surface area contributed by atoms with Crippen LogP contribution in [0.5, 0.6) is 5.75 Å². The van der Waals surface area contributed by atoms with Crippen molar-refractivity contribution in [3.05, 3.63) is 54.6 Å². The molecule has 238 valence electrons. The molecule has 23 heteroatoms. The fourth-order valence-corrected chi connectivity index (χ4v) is 7.19. The van der Waals surface area contributed by atoms with Gasteiger partial charge in [0, 0.05) is 0 Å². The van der Waals surface area contributed by atoms with Crippen molar-refractivity contribution >= 4 is 85.4 Å². The van der Waals surface area contributed by atoms with Gasteiger partial charge in [-0.3, -0.25) is 18.2 Å². The van der Waals surface area contributed by atoms with Gasteiger partial charge in [-0.15, -0.1) is 15.3 Å². The molecule has 0 saturated carbocycles. The lowest BCUT2D eigenvalue weighted by molar-refractivity contribution is 0.467. The summed E-state index contributed by atoms with van der Waals surface area (Å²) in [5, 5.41) is 24.7. The maximum atomic E-state index is 12.2. The van der Waals surface area contributed by atoms with Gasteiger partial charge in [-0.2, -0.15) is 38.8 Å². The highest BCUT2D eigenvalue weighted by atomic mass is 32.2. The molecule has 4 aromatic rings. The number of fused-ring (bicyclic) bond motifs is 1. The Bertz CT molecular complexity index is 2400. The van der Waals surface area contributed by atoms with Gasteiger partial charge in [0.05, 0.1) is 22.4 Å². The van der Waals surface area contributed by atoms with Crippen molar-refractivity contribution in [3.8, 4) is 5.75 Å². The summed E-state index contributed by atoms with van der Waals surface area (Å²) in [6, 6.07) is 10.2. The highest BCUT2D eigenvalue weighted by Gasteiger charge is 2.30. The number of aromatic hydroxyl groups is 1. The number of phenolic OH excluding ortho intramolecular Hbond substituents is 1. The molecule has 0 heterocycles. The minimum atomic E-state index is -5.43. The van der Waals surface area contributed by atoms with Gasteiger partial charge in [-0.05, 0) is 41.8 Å². The Morgan fingerprint density at radius 3 is 1.58 bits per heavy atom. The van der Waals surface area contributed by atoms with E-state index in [4.69, 9.17) is 11.5 Å². The number of rotatable bonds is 8. The zero-order valence-corrected chi connectivity index (χ0v) is 25.0. The number of azo groups is 2. The van der Waals surface area contributed by atoms with Crippen molar-refractivity contribution in [3.63, 3.8) is 0 Å². The van der Waals surface area contributed by atoms with Gasteiger partial charge in [0.1, 0.15) is 36.6 Å². The largest absolute Gasteiger partial charge is 0.505 e. The van der Waals surface area contributed by atoms with Crippen LogP contribution in [0.1, 0.15) is 0 Å². The summed E-state index contributed by atoms with van der Waals surface area (Å²) in [5.74, 6) is -1.16. The highest BCUT2D eigenvalue weighted by Crippen LogP contribution is 2.48. The van der Waals surface area contributed by atoms with E-state index in [2.05, 4.69) is 20.5 Å². The fourth-order valence-electron chi connectivity index (χ4n) is 3.94. The van der Waals surface area contributed by atoms with Crippen molar-refractivity contribution in [1.82, 2.24) is 0 Å². The Kier molecular flexibility index (Phi) is 8.42. The number of benzene rings is 4. The van der Waals surface area contributed by atoms with E-state index in [0.717, 1.165) is 0 Å². The summed E-state index contributed by atoms with van der Waals surface area (Å²) in [6.07, 6.45) is 0. The molecule has 9 N–H and O–H groups in total. The first-order chi connectivity index (χ1) is 20.6. The van der Waals surface area contributed by atoms with Gasteiger partial charge >= 0.3 is 0 Å². The molecule has 0 spiro atoms. The molecule has 45 heavy (non-hydrogen) atoms. The normalized spacial score (nSPS) is 13.2. The third-order valence-corrected chi connectivity index (χ3v) is 9.54. The van der Waals surface area contributed by atoms with Crippen LogP contribution >= 0.6 is 0 Å². The zero-order valence-electron chi connectivity index (χ0n) is 21.8. The molecule has 0 saturated heterocycles. The number of nitrogens with zero attached hydrogens (tertiary/aromatic N) is 4. The molecule has 0 aromatic heterocycles. The molecule has 0 fully saturated rings. The van der Waals surface area contributed by atoms with Crippen LogP contribution in [0.2, 0.25) is 0 Å². The number of nitrogens with two attached hydrogens (primary N) is 2. The van der Waals surface area contributed by atoms with E-state index in [1.54, 1.807) is 18.2 Å². The minimum Gasteiger partial charge on any atom is -0.505 e. The molecule has 0 aliphatic carbocycles.